The second-order valence-corrected chi connectivity index (χ2v) is 20.9. The lowest BCUT2D eigenvalue weighted by molar-refractivity contribution is -0.167. The van der Waals surface area contributed by atoms with E-state index in [-0.39, 0.29) is 31.1 Å². The molecule has 75 heavy (non-hydrogen) atoms. The van der Waals surface area contributed by atoms with Crippen LogP contribution in [-0.2, 0) is 28.6 Å². The van der Waals surface area contributed by atoms with E-state index in [1.807, 2.05) is 0 Å². The van der Waals surface area contributed by atoms with Gasteiger partial charge in [-0.1, -0.05) is 259 Å². The molecule has 0 saturated carbocycles. The molecule has 0 aliphatic heterocycles. The van der Waals surface area contributed by atoms with Gasteiger partial charge in [0.25, 0.3) is 0 Å². The Kier molecular flexibility index (Phi) is 59.8. The van der Waals surface area contributed by atoms with Crippen molar-refractivity contribution >= 4 is 17.9 Å². The van der Waals surface area contributed by atoms with Crippen molar-refractivity contribution in [2.75, 3.05) is 13.2 Å². The van der Waals surface area contributed by atoms with Gasteiger partial charge in [0.2, 0.25) is 0 Å². The molecular formula is C69H118O6. The van der Waals surface area contributed by atoms with E-state index in [9.17, 15) is 14.4 Å². The van der Waals surface area contributed by atoms with Gasteiger partial charge < -0.3 is 14.2 Å². The van der Waals surface area contributed by atoms with E-state index in [0.717, 1.165) is 122 Å². The molecule has 0 fully saturated rings. The molecular weight excluding hydrogens is 925 g/mol. The summed E-state index contributed by atoms with van der Waals surface area (Å²) in [5, 5.41) is 0. The topological polar surface area (TPSA) is 78.9 Å². The summed E-state index contributed by atoms with van der Waals surface area (Å²) in [6.45, 7) is 6.51. The minimum atomic E-state index is -0.794. The van der Waals surface area contributed by atoms with Crippen LogP contribution in [0.5, 0.6) is 0 Å². The lowest BCUT2D eigenvalue weighted by Gasteiger charge is -2.18. The molecule has 0 aromatic carbocycles. The predicted molar refractivity (Wildman–Crippen MR) is 325 cm³/mol. The average Bonchev–Trinajstić information content (AvgIpc) is 3.41. The lowest BCUT2D eigenvalue weighted by Crippen LogP contribution is -2.30. The quantitative estimate of drug-likeness (QED) is 0.0261. The summed E-state index contributed by atoms with van der Waals surface area (Å²) in [4.78, 5) is 38.3. The van der Waals surface area contributed by atoms with Crippen molar-refractivity contribution in [1.82, 2.24) is 0 Å². The standard InChI is InChI=1S/C69H118O6/c1-4-7-10-13-16-19-22-25-28-30-32-34-36-38-41-44-47-50-53-56-59-62-68(71)74-65-66(64-73-67(70)61-58-55-52-49-46-43-40-27-24-21-18-15-12-9-6-3)75-69(72)63-60-57-54-51-48-45-42-39-37-35-33-31-29-26-23-20-17-14-11-8-5-2/h7,10,16,19,23,25-28,31-34,37,39-40,66H,4-6,8-9,11-15,17-18,20-22,24,29-30,35-36,38,41-65H2,1-3H3/b10-7-,19-16-,26-23-,28-25-,33-31-,34-32-,39-37-,40-27-. The molecule has 0 bridgehead atoms. The van der Waals surface area contributed by atoms with E-state index >= 15 is 0 Å². The van der Waals surface area contributed by atoms with Crippen LogP contribution in [0.4, 0.5) is 0 Å². The molecule has 0 aliphatic carbocycles. The van der Waals surface area contributed by atoms with Gasteiger partial charge in [0, 0.05) is 19.3 Å². The summed E-state index contributed by atoms with van der Waals surface area (Å²) in [6.07, 6.45) is 84.0. The van der Waals surface area contributed by atoms with Crippen molar-refractivity contribution < 1.29 is 28.6 Å². The number of carbonyl (C=O) groups is 3. The fraction of sp³-hybridized carbons (Fsp3) is 0.725. The molecule has 1 unspecified atom stereocenters. The number of esters is 3. The first-order chi connectivity index (χ1) is 37.0. The van der Waals surface area contributed by atoms with Crippen LogP contribution in [0.25, 0.3) is 0 Å². The Hall–Kier alpha value is -3.67. The summed E-state index contributed by atoms with van der Waals surface area (Å²) >= 11 is 0. The summed E-state index contributed by atoms with van der Waals surface area (Å²) in [7, 11) is 0. The molecule has 0 N–H and O–H groups in total. The fourth-order valence-corrected chi connectivity index (χ4v) is 8.79. The molecule has 0 aromatic rings. The number of ether oxygens (including phenoxy) is 3. The summed E-state index contributed by atoms with van der Waals surface area (Å²) in [6, 6.07) is 0. The first kappa shape index (κ1) is 71.3. The minimum absolute atomic E-state index is 0.0895. The highest BCUT2D eigenvalue weighted by molar-refractivity contribution is 5.71. The Morgan fingerprint density at radius 2 is 0.520 bits per heavy atom. The van der Waals surface area contributed by atoms with Crippen LogP contribution in [0.3, 0.4) is 0 Å². The van der Waals surface area contributed by atoms with Crippen LogP contribution in [0, 0.1) is 0 Å². The number of hydrogen-bond donors (Lipinski definition) is 0. The normalized spacial score (nSPS) is 12.7. The van der Waals surface area contributed by atoms with E-state index in [2.05, 4.69) is 118 Å². The van der Waals surface area contributed by atoms with Crippen LogP contribution in [-0.4, -0.2) is 37.2 Å². The molecule has 0 radical (unpaired) electrons. The van der Waals surface area contributed by atoms with Crippen molar-refractivity contribution in [2.24, 2.45) is 0 Å². The maximum Gasteiger partial charge on any atom is 0.306 e. The van der Waals surface area contributed by atoms with Gasteiger partial charge >= 0.3 is 17.9 Å². The third-order valence-electron chi connectivity index (χ3n) is 13.5. The average molecular weight is 1040 g/mol. The van der Waals surface area contributed by atoms with Crippen LogP contribution in [0.1, 0.15) is 303 Å². The van der Waals surface area contributed by atoms with Gasteiger partial charge in [-0.05, 0) is 122 Å². The molecule has 0 aromatic heterocycles. The van der Waals surface area contributed by atoms with Crippen molar-refractivity contribution in [1.29, 1.82) is 0 Å². The number of carbonyl (C=O) groups excluding carboxylic acids is 3. The molecule has 0 spiro atoms. The molecule has 0 amide bonds. The monoisotopic (exact) mass is 1040 g/mol. The highest BCUT2D eigenvalue weighted by Crippen LogP contribution is 2.15. The van der Waals surface area contributed by atoms with Gasteiger partial charge in [0.1, 0.15) is 13.2 Å². The van der Waals surface area contributed by atoms with Crippen molar-refractivity contribution in [3.63, 3.8) is 0 Å². The van der Waals surface area contributed by atoms with Gasteiger partial charge in [0.15, 0.2) is 6.10 Å². The number of allylic oxidation sites excluding steroid dienone is 16. The van der Waals surface area contributed by atoms with E-state index < -0.39 is 6.10 Å². The third kappa shape index (κ3) is 61.1. The Bertz CT molecular complexity index is 1480. The molecule has 0 aliphatic rings. The molecule has 0 rings (SSSR count). The minimum Gasteiger partial charge on any atom is -0.462 e. The van der Waals surface area contributed by atoms with Gasteiger partial charge in [-0.25, -0.2) is 0 Å². The third-order valence-corrected chi connectivity index (χ3v) is 13.5. The maximum atomic E-state index is 12.9. The SMILES string of the molecule is CC/C=C\C/C=C\C/C=C\C/C=C\CCCCCCCCCCC(=O)OCC(COC(=O)CCCCCCC/C=C\CCCCCCCC)OC(=O)CCCCCCCC/C=C\C/C=C\C/C=C\CCCCCCC. The first-order valence-electron chi connectivity index (χ1n) is 31.7. The predicted octanol–water partition coefficient (Wildman–Crippen LogP) is 21.7. The van der Waals surface area contributed by atoms with Gasteiger partial charge in [-0.3, -0.25) is 14.4 Å². The second kappa shape index (κ2) is 62.9. The Balaban J connectivity index is 4.42. The van der Waals surface area contributed by atoms with E-state index in [1.54, 1.807) is 0 Å². The Morgan fingerprint density at radius 1 is 0.280 bits per heavy atom. The van der Waals surface area contributed by atoms with E-state index in [1.165, 1.54) is 141 Å². The lowest BCUT2D eigenvalue weighted by atomic mass is 10.1. The largest absolute Gasteiger partial charge is 0.462 e. The van der Waals surface area contributed by atoms with Crippen LogP contribution < -0.4 is 0 Å². The molecule has 0 saturated heterocycles. The van der Waals surface area contributed by atoms with Crippen molar-refractivity contribution in [2.45, 2.75) is 309 Å². The molecule has 0 heterocycles. The number of hydrogen-bond acceptors (Lipinski definition) is 6. The zero-order valence-electron chi connectivity index (χ0n) is 49.3. The van der Waals surface area contributed by atoms with E-state index in [0.29, 0.717) is 19.3 Å². The maximum absolute atomic E-state index is 12.9. The number of unbranched alkanes of at least 4 members (excludes halogenated alkanes) is 30. The Labute approximate surface area is 464 Å². The summed E-state index contributed by atoms with van der Waals surface area (Å²) in [5.41, 5.74) is 0. The van der Waals surface area contributed by atoms with Gasteiger partial charge in [-0.2, -0.15) is 0 Å². The van der Waals surface area contributed by atoms with Gasteiger partial charge in [0.05, 0.1) is 0 Å². The van der Waals surface area contributed by atoms with Crippen molar-refractivity contribution in [3.8, 4) is 0 Å². The van der Waals surface area contributed by atoms with Crippen molar-refractivity contribution in [3.05, 3.63) is 97.2 Å². The highest BCUT2D eigenvalue weighted by Gasteiger charge is 2.19. The number of rotatable bonds is 57. The van der Waals surface area contributed by atoms with Crippen LogP contribution in [0.2, 0.25) is 0 Å². The second-order valence-electron chi connectivity index (χ2n) is 20.9. The zero-order valence-corrected chi connectivity index (χ0v) is 49.3. The zero-order chi connectivity index (χ0) is 54.3. The van der Waals surface area contributed by atoms with E-state index in [4.69, 9.17) is 14.2 Å². The van der Waals surface area contributed by atoms with Gasteiger partial charge in [-0.15, -0.1) is 0 Å². The summed E-state index contributed by atoms with van der Waals surface area (Å²) < 4.78 is 16.9. The Morgan fingerprint density at radius 3 is 0.827 bits per heavy atom. The molecule has 1 atom stereocenters. The van der Waals surface area contributed by atoms with Crippen LogP contribution >= 0.6 is 0 Å². The highest BCUT2D eigenvalue weighted by atomic mass is 16.6. The summed E-state index contributed by atoms with van der Waals surface area (Å²) in [5.74, 6) is -0.909. The first-order valence-corrected chi connectivity index (χ1v) is 31.7. The molecule has 430 valence electrons. The van der Waals surface area contributed by atoms with Crippen LogP contribution in [0.15, 0.2) is 97.2 Å². The fourth-order valence-electron chi connectivity index (χ4n) is 8.79. The molecule has 6 nitrogen and oxygen atoms in total. The molecule has 6 heteroatoms. The smallest absolute Gasteiger partial charge is 0.306 e.